The van der Waals surface area contributed by atoms with Gasteiger partial charge in [-0.15, -0.1) is 11.3 Å². The van der Waals surface area contributed by atoms with Crippen molar-refractivity contribution >= 4 is 21.4 Å². The van der Waals surface area contributed by atoms with E-state index in [9.17, 15) is 8.42 Å². The molecule has 0 amide bonds. The molecule has 2 aromatic rings. The van der Waals surface area contributed by atoms with Crippen molar-refractivity contribution in [2.24, 2.45) is 0 Å². The Morgan fingerprint density at radius 3 is 2.47 bits per heavy atom. The average Bonchev–Trinajstić information content (AvgIpc) is 2.70. The summed E-state index contributed by atoms with van der Waals surface area (Å²) in [7, 11) is -3.21. The van der Waals surface area contributed by atoms with Crippen LogP contribution >= 0.6 is 11.3 Å². The SMILES string of the molecule is Cc1nc(-c2ccccc2)sc1[C@H](C)NS(C)(=O)=O. The lowest BCUT2D eigenvalue weighted by atomic mass is 10.2. The summed E-state index contributed by atoms with van der Waals surface area (Å²) >= 11 is 1.52. The zero-order chi connectivity index (χ0) is 14.0. The highest BCUT2D eigenvalue weighted by Gasteiger charge is 2.17. The van der Waals surface area contributed by atoms with Crippen LogP contribution in [0.2, 0.25) is 0 Å². The average molecular weight is 296 g/mol. The first-order chi connectivity index (χ1) is 8.87. The quantitative estimate of drug-likeness (QED) is 0.943. The maximum absolute atomic E-state index is 11.3. The molecule has 6 heteroatoms. The normalized spacial score (nSPS) is 13.4. The number of benzene rings is 1. The summed E-state index contributed by atoms with van der Waals surface area (Å²) in [6.07, 6.45) is 1.16. The van der Waals surface area contributed by atoms with Crippen LogP contribution in [0.3, 0.4) is 0 Å². The van der Waals surface area contributed by atoms with Gasteiger partial charge in [-0.05, 0) is 13.8 Å². The van der Waals surface area contributed by atoms with Crippen molar-refractivity contribution in [2.75, 3.05) is 6.26 Å². The van der Waals surface area contributed by atoms with Crippen LogP contribution in [0.15, 0.2) is 30.3 Å². The second-order valence-corrected chi connectivity index (χ2v) is 7.26. The smallest absolute Gasteiger partial charge is 0.209 e. The number of nitrogens with zero attached hydrogens (tertiary/aromatic N) is 1. The molecule has 2 rings (SSSR count). The number of rotatable bonds is 4. The van der Waals surface area contributed by atoms with Gasteiger partial charge < -0.3 is 0 Å². The second kappa shape index (κ2) is 5.40. The molecule has 0 aliphatic carbocycles. The Kier molecular flexibility index (Phi) is 4.03. The Labute approximate surface area is 117 Å². The molecule has 0 aliphatic heterocycles. The van der Waals surface area contributed by atoms with E-state index in [1.807, 2.05) is 44.2 Å². The molecular formula is C13H16N2O2S2. The highest BCUT2D eigenvalue weighted by atomic mass is 32.2. The molecule has 0 fully saturated rings. The molecule has 0 unspecified atom stereocenters. The Morgan fingerprint density at radius 2 is 1.89 bits per heavy atom. The summed E-state index contributed by atoms with van der Waals surface area (Å²) in [6.45, 7) is 3.73. The summed E-state index contributed by atoms with van der Waals surface area (Å²) in [5, 5.41) is 0.912. The number of sulfonamides is 1. The Bertz CT molecular complexity index is 663. The first-order valence-electron chi connectivity index (χ1n) is 5.87. The number of nitrogens with one attached hydrogen (secondary N) is 1. The van der Waals surface area contributed by atoms with Crippen molar-refractivity contribution in [1.29, 1.82) is 0 Å². The number of aryl methyl sites for hydroxylation is 1. The molecule has 1 aromatic carbocycles. The summed E-state index contributed by atoms with van der Waals surface area (Å²) in [5.74, 6) is 0. The number of aromatic nitrogens is 1. The van der Waals surface area contributed by atoms with Crippen LogP contribution in [0, 0.1) is 6.92 Å². The molecular weight excluding hydrogens is 280 g/mol. The molecule has 102 valence electrons. The Morgan fingerprint density at radius 1 is 1.26 bits per heavy atom. The minimum atomic E-state index is -3.21. The third-order valence-corrected chi connectivity index (χ3v) is 4.81. The number of hydrogen-bond acceptors (Lipinski definition) is 4. The van der Waals surface area contributed by atoms with Gasteiger partial charge in [0.25, 0.3) is 0 Å². The Hall–Kier alpha value is -1.24. The van der Waals surface area contributed by atoms with Gasteiger partial charge in [-0.2, -0.15) is 0 Å². The van der Waals surface area contributed by atoms with Crippen LogP contribution in [0.25, 0.3) is 10.6 Å². The van der Waals surface area contributed by atoms with Gasteiger partial charge in [0.1, 0.15) is 5.01 Å². The standard InChI is InChI=1S/C13H16N2O2S2/c1-9-12(10(2)15-19(3,16)17)18-13(14-9)11-7-5-4-6-8-11/h4-8,10,15H,1-3H3/t10-/m0/s1. The lowest BCUT2D eigenvalue weighted by molar-refractivity contribution is 0.574. The second-order valence-electron chi connectivity index (χ2n) is 4.45. The predicted octanol–water partition coefficient (Wildman–Crippen LogP) is 2.73. The van der Waals surface area contributed by atoms with E-state index in [-0.39, 0.29) is 6.04 Å². The van der Waals surface area contributed by atoms with Crippen LogP contribution in [-0.2, 0) is 10.0 Å². The first kappa shape index (κ1) is 14.2. The van der Waals surface area contributed by atoms with E-state index in [1.165, 1.54) is 11.3 Å². The van der Waals surface area contributed by atoms with Crippen LogP contribution in [0.5, 0.6) is 0 Å². The van der Waals surface area contributed by atoms with Gasteiger partial charge in [-0.3, -0.25) is 0 Å². The number of hydrogen-bond donors (Lipinski definition) is 1. The van der Waals surface area contributed by atoms with Crippen LogP contribution in [0.4, 0.5) is 0 Å². The van der Waals surface area contributed by atoms with Crippen LogP contribution in [0.1, 0.15) is 23.5 Å². The minimum Gasteiger partial charge on any atom is -0.241 e. The van der Waals surface area contributed by atoms with E-state index in [4.69, 9.17) is 0 Å². The number of thiazole rings is 1. The fourth-order valence-electron chi connectivity index (χ4n) is 1.89. The summed E-state index contributed by atoms with van der Waals surface area (Å²) in [4.78, 5) is 5.46. The van der Waals surface area contributed by atoms with Crippen molar-refractivity contribution in [3.05, 3.63) is 40.9 Å². The van der Waals surface area contributed by atoms with Crippen molar-refractivity contribution < 1.29 is 8.42 Å². The summed E-state index contributed by atoms with van der Waals surface area (Å²) < 4.78 is 25.1. The van der Waals surface area contributed by atoms with Gasteiger partial charge >= 0.3 is 0 Å². The molecule has 0 saturated heterocycles. The predicted molar refractivity (Wildman–Crippen MR) is 78.7 cm³/mol. The van der Waals surface area contributed by atoms with Gasteiger partial charge in [-0.25, -0.2) is 18.1 Å². The van der Waals surface area contributed by atoms with E-state index >= 15 is 0 Å². The monoisotopic (exact) mass is 296 g/mol. The zero-order valence-corrected chi connectivity index (χ0v) is 12.7. The van der Waals surface area contributed by atoms with E-state index in [0.29, 0.717) is 0 Å². The molecule has 19 heavy (non-hydrogen) atoms. The van der Waals surface area contributed by atoms with Gasteiger partial charge in [0.15, 0.2) is 0 Å². The van der Waals surface area contributed by atoms with Crippen molar-refractivity contribution in [3.63, 3.8) is 0 Å². The summed E-state index contributed by atoms with van der Waals surface area (Å²) in [6, 6.07) is 9.62. The van der Waals surface area contributed by atoms with E-state index in [0.717, 1.165) is 27.4 Å². The van der Waals surface area contributed by atoms with Crippen molar-refractivity contribution in [2.45, 2.75) is 19.9 Å². The van der Waals surface area contributed by atoms with Crippen LogP contribution in [-0.4, -0.2) is 19.7 Å². The van der Waals surface area contributed by atoms with Gasteiger partial charge in [-0.1, -0.05) is 30.3 Å². The zero-order valence-electron chi connectivity index (χ0n) is 11.0. The maximum atomic E-state index is 11.3. The lowest BCUT2D eigenvalue weighted by Gasteiger charge is -2.10. The van der Waals surface area contributed by atoms with Gasteiger partial charge in [0.05, 0.1) is 18.0 Å². The van der Waals surface area contributed by atoms with Crippen LogP contribution < -0.4 is 4.72 Å². The molecule has 4 nitrogen and oxygen atoms in total. The first-order valence-corrected chi connectivity index (χ1v) is 8.57. The largest absolute Gasteiger partial charge is 0.241 e. The Balaban J connectivity index is 2.32. The fraction of sp³-hybridized carbons (Fsp3) is 0.308. The van der Waals surface area contributed by atoms with E-state index in [2.05, 4.69) is 9.71 Å². The molecule has 0 bridgehead atoms. The molecule has 1 N–H and O–H groups in total. The summed E-state index contributed by atoms with van der Waals surface area (Å²) in [5.41, 5.74) is 1.92. The highest BCUT2D eigenvalue weighted by molar-refractivity contribution is 7.88. The fourth-order valence-corrected chi connectivity index (χ4v) is 3.80. The highest BCUT2D eigenvalue weighted by Crippen LogP contribution is 2.31. The molecule has 0 radical (unpaired) electrons. The third-order valence-electron chi connectivity index (χ3n) is 2.64. The maximum Gasteiger partial charge on any atom is 0.209 e. The molecule has 0 spiro atoms. The molecule has 1 heterocycles. The molecule has 0 aliphatic rings. The third kappa shape index (κ3) is 3.62. The molecule has 0 saturated carbocycles. The van der Waals surface area contributed by atoms with E-state index in [1.54, 1.807) is 0 Å². The lowest BCUT2D eigenvalue weighted by Crippen LogP contribution is -2.25. The molecule has 1 aromatic heterocycles. The molecule has 1 atom stereocenters. The van der Waals surface area contributed by atoms with Crippen molar-refractivity contribution in [1.82, 2.24) is 9.71 Å². The van der Waals surface area contributed by atoms with E-state index < -0.39 is 10.0 Å². The topological polar surface area (TPSA) is 59.1 Å². The van der Waals surface area contributed by atoms with Crippen molar-refractivity contribution in [3.8, 4) is 10.6 Å². The van der Waals surface area contributed by atoms with Gasteiger partial charge in [0, 0.05) is 10.4 Å². The minimum absolute atomic E-state index is 0.259. The van der Waals surface area contributed by atoms with Gasteiger partial charge in [0.2, 0.25) is 10.0 Å².